The van der Waals surface area contributed by atoms with Crippen LogP contribution in [0.3, 0.4) is 0 Å². The highest BCUT2D eigenvalue weighted by Crippen LogP contribution is 2.25. The molecule has 2 aromatic carbocycles. The molecule has 27 heavy (non-hydrogen) atoms. The maximum absolute atomic E-state index is 12.8. The molecule has 4 rings (SSSR count). The zero-order chi connectivity index (χ0) is 18.6. The Bertz CT molecular complexity index is 767. The number of carbonyl (C=O) groups is 1. The second kappa shape index (κ2) is 8.01. The Hall–Kier alpha value is -2.53. The van der Waals surface area contributed by atoms with Gasteiger partial charge in [-0.3, -0.25) is 9.69 Å². The lowest BCUT2D eigenvalue weighted by atomic mass is 10.2. The number of carbonyl (C=O) groups excluding carboxylic acids is 1. The third kappa shape index (κ3) is 4.08. The minimum atomic E-state index is 0.118. The van der Waals surface area contributed by atoms with E-state index >= 15 is 0 Å². The molecule has 0 saturated carbocycles. The summed E-state index contributed by atoms with van der Waals surface area (Å²) >= 11 is 0. The number of rotatable bonds is 5. The van der Waals surface area contributed by atoms with E-state index in [2.05, 4.69) is 4.90 Å². The summed E-state index contributed by atoms with van der Waals surface area (Å²) in [5, 5.41) is 0. The summed E-state index contributed by atoms with van der Waals surface area (Å²) in [5.41, 5.74) is 0.721. The van der Waals surface area contributed by atoms with E-state index in [0.717, 1.165) is 36.6 Å². The predicted molar refractivity (Wildman–Crippen MR) is 105 cm³/mol. The lowest BCUT2D eigenvalue weighted by Gasteiger charge is -2.23. The molecule has 0 bridgehead atoms. The Labute approximate surface area is 160 Å². The molecular formula is C22H26N2O3. The van der Waals surface area contributed by atoms with Crippen molar-refractivity contribution in [1.82, 2.24) is 9.80 Å². The van der Waals surface area contributed by atoms with Crippen molar-refractivity contribution in [2.75, 3.05) is 33.3 Å². The molecule has 1 unspecified atom stereocenters. The highest BCUT2D eigenvalue weighted by atomic mass is 16.5. The molecular weight excluding hydrogens is 340 g/mol. The quantitative estimate of drug-likeness (QED) is 0.807. The van der Waals surface area contributed by atoms with E-state index < -0.39 is 0 Å². The van der Waals surface area contributed by atoms with Crippen LogP contribution < -0.4 is 9.47 Å². The number of nitrogens with zero attached hydrogens (tertiary/aromatic N) is 2. The summed E-state index contributed by atoms with van der Waals surface area (Å²) < 4.78 is 11.0. The average Bonchev–Trinajstić information content (AvgIpc) is 3.40. The van der Waals surface area contributed by atoms with Crippen LogP contribution in [0.2, 0.25) is 0 Å². The van der Waals surface area contributed by atoms with Crippen molar-refractivity contribution in [3.05, 3.63) is 54.1 Å². The van der Waals surface area contributed by atoms with Gasteiger partial charge in [0.25, 0.3) is 5.91 Å². The maximum atomic E-state index is 12.8. The van der Waals surface area contributed by atoms with Gasteiger partial charge in [0.2, 0.25) is 0 Å². The summed E-state index contributed by atoms with van der Waals surface area (Å²) in [5.74, 6) is 2.37. The second-order valence-corrected chi connectivity index (χ2v) is 7.24. The van der Waals surface area contributed by atoms with Gasteiger partial charge in [0.15, 0.2) is 0 Å². The van der Waals surface area contributed by atoms with Crippen LogP contribution in [-0.2, 0) is 0 Å². The van der Waals surface area contributed by atoms with Crippen LogP contribution in [0.25, 0.3) is 0 Å². The molecule has 1 amide bonds. The zero-order valence-corrected chi connectivity index (χ0v) is 15.8. The fourth-order valence-corrected chi connectivity index (χ4v) is 3.96. The van der Waals surface area contributed by atoms with E-state index in [1.807, 2.05) is 53.4 Å². The van der Waals surface area contributed by atoms with Crippen molar-refractivity contribution >= 4 is 5.91 Å². The molecule has 2 heterocycles. The average molecular weight is 366 g/mol. The summed E-state index contributed by atoms with van der Waals surface area (Å²) in [7, 11) is 1.64. The van der Waals surface area contributed by atoms with E-state index in [-0.39, 0.29) is 5.91 Å². The van der Waals surface area contributed by atoms with Crippen molar-refractivity contribution in [2.24, 2.45) is 0 Å². The minimum Gasteiger partial charge on any atom is -0.497 e. The first-order chi connectivity index (χ1) is 13.2. The number of hydrogen-bond donors (Lipinski definition) is 0. The van der Waals surface area contributed by atoms with Crippen molar-refractivity contribution < 1.29 is 14.3 Å². The van der Waals surface area contributed by atoms with Gasteiger partial charge in [0.1, 0.15) is 17.2 Å². The van der Waals surface area contributed by atoms with Crippen molar-refractivity contribution in [2.45, 2.75) is 25.3 Å². The third-order valence-corrected chi connectivity index (χ3v) is 5.50. The molecule has 142 valence electrons. The molecule has 5 nitrogen and oxygen atoms in total. The standard InChI is InChI=1S/C22H26N2O3/c1-26-19-8-10-21(11-9-19)27-20-6-4-17(5-7-20)22(25)24-15-12-18(16-24)23-13-2-3-14-23/h4-11,18H,2-3,12-16H2,1H3. The van der Waals surface area contributed by atoms with Crippen molar-refractivity contribution in [3.8, 4) is 17.2 Å². The molecule has 0 aliphatic carbocycles. The monoisotopic (exact) mass is 366 g/mol. The van der Waals surface area contributed by atoms with E-state index in [0.29, 0.717) is 11.8 Å². The molecule has 0 aromatic heterocycles. The SMILES string of the molecule is COc1ccc(Oc2ccc(C(=O)N3CCC(N4CCCC4)C3)cc2)cc1. The van der Waals surface area contributed by atoms with Gasteiger partial charge in [-0.1, -0.05) is 0 Å². The van der Waals surface area contributed by atoms with Gasteiger partial charge in [-0.05, 0) is 80.9 Å². The van der Waals surface area contributed by atoms with E-state index in [1.54, 1.807) is 7.11 Å². The molecule has 2 aliphatic heterocycles. The first-order valence-corrected chi connectivity index (χ1v) is 9.68. The van der Waals surface area contributed by atoms with E-state index in [1.165, 1.54) is 25.9 Å². The van der Waals surface area contributed by atoms with Crippen LogP contribution in [-0.4, -0.2) is 55.0 Å². The molecule has 0 radical (unpaired) electrons. The first-order valence-electron chi connectivity index (χ1n) is 9.68. The van der Waals surface area contributed by atoms with Crippen LogP contribution in [0.15, 0.2) is 48.5 Å². The Morgan fingerprint density at radius 1 is 0.889 bits per heavy atom. The topological polar surface area (TPSA) is 42.0 Å². The largest absolute Gasteiger partial charge is 0.497 e. The number of ether oxygens (including phenoxy) is 2. The van der Waals surface area contributed by atoms with Crippen LogP contribution in [0.4, 0.5) is 0 Å². The van der Waals surface area contributed by atoms with Gasteiger partial charge in [0.05, 0.1) is 7.11 Å². The lowest BCUT2D eigenvalue weighted by Crippen LogP contribution is -2.37. The second-order valence-electron chi connectivity index (χ2n) is 7.24. The number of benzene rings is 2. The van der Waals surface area contributed by atoms with Gasteiger partial charge >= 0.3 is 0 Å². The van der Waals surface area contributed by atoms with Crippen LogP contribution in [0.5, 0.6) is 17.2 Å². The number of hydrogen-bond acceptors (Lipinski definition) is 4. The van der Waals surface area contributed by atoms with E-state index in [4.69, 9.17) is 9.47 Å². The fraction of sp³-hybridized carbons (Fsp3) is 0.409. The first kappa shape index (κ1) is 17.9. The fourth-order valence-electron chi connectivity index (χ4n) is 3.96. The summed E-state index contributed by atoms with van der Waals surface area (Å²) in [6.45, 7) is 4.07. The highest BCUT2D eigenvalue weighted by molar-refractivity contribution is 5.94. The molecule has 0 spiro atoms. The molecule has 2 fully saturated rings. The molecule has 2 aromatic rings. The number of methoxy groups -OCH3 is 1. The normalized spacial score (nSPS) is 20.0. The zero-order valence-electron chi connectivity index (χ0n) is 15.8. The van der Waals surface area contributed by atoms with Gasteiger partial charge < -0.3 is 14.4 Å². The number of amides is 1. The van der Waals surface area contributed by atoms with Crippen LogP contribution in [0.1, 0.15) is 29.6 Å². The summed E-state index contributed by atoms with van der Waals surface area (Å²) in [6.07, 6.45) is 3.67. The molecule has 2 aliphatic rings. The van der Waals surface area contributed by atoms with Crippen LogP contribution >= 0.6 is 0 Å². The van der Waals surface area contributed by atoms with Gasteiger partial charge in [-0.15, -0.1) is 0 Å². The van der Waals surface area contributed by atoms with Gasteiger partial charge in [-0.2, -0.15) is 0 Å². The minimum absolute atomic E-state index is 0.118. The van der Waals surface area contributed by atoms with E-state index in [9.17, 15) is 4.79 Å². The third-order valence-electron chi connectivity index (χ3n) is 5.50. The summed E-state index contributed by atoms with van der Waals surface area (Å²) in [4.78, 5) is 17.3. The number of likely N-dealkylation sites (tertiary alicyclic amines) is 2. The molecule has 2 saturated heterocycles. The Morgan fingerprint density at radius 2 is 1.48 bits per heavy atom. The molecule has 0 N–H and O–H groups in total. The summed E-state index contributed by atoms with van der Waals surface area (Å²) in [6, 6.07) is 15.4. The molecule has 5 heteroatoms. The van der Waals surface area contributed by atoms with Gasteiger partial charge in [0, 0.05) is 24.7 Å². The smallest absolute Gasteiger partial charge is 0.253 e. The Kier molecular flexibility index (Phi) is 5.30. The Morgan fingerprint density at radius 3 is 2.11 bits per heavy atom. The van der Waals surface area contributed by atoms with Gasteiger partial charge in [-0.25, -0.2) is 0 Å². The van der Waals surface area contributed by atoms with Crippen LogP contribution in [0, 0.1) is 0 Å². The Balaban J connectivity index is 1.36. The predicted octanol–water partition coefficient (Wildman–Crippen LogP) is 3.80. The highest BCUT2D eigenvalue weighted by Gasteiger charge is 2.31. The van der Waals surface area contributed by atoms with Crippen molar-refractivity contribution in [3.63, 3.8) is 0 Å². The molecule has 1 atom stereocenters. The van der Waals surface area contributed by atoms with Crippen molar-refractivity contribution in [1.29, 1.82) is 0 Å². The lowest BCUT2D eigenvalue weighted by molar-refractivity contribution is 0.0780. The maximum Gasteiger partial charge on any atom is 0.253 e.